The van der Waals surface area contributed by atoms with Crippen molar-refractivity contribution in [2.24, 2.45) is 0 Å². The van der Waals surface area contributed by atoms with Gasteiger partial charge in [0.1, 0.15) is 5.01 Å². The normalized spacial score (nSPS) is 11.0. The van der Waals surface area contributed by atoms with Crippen LogP contribution in [0.15, 0.2) is 52.9 Å². The Morgan fingerprint density at radius 3 is 2.62 bits per heavy atom. The Hall–Kier alpha value is -2.73. The zero-order valence-corrected chi connectivity index (χ0v) is 11.6. The van der Waals surface area contributed by atoms with Gasteiger partial charge in [0.2, 0.25) is 0 Å². The lowest BCUT2D eigenvalue weighted by molar-refractivity contribution is 1.21. The highest BCUT2D eigenvalue weighted by molar-refractivity contribution is 7.13. The van der Waals surface area contributed by atoms with E-state index >= 15 is 0 Å². The van der Waals surface area contributed by atoms with Crippen LogP contribution in [0, 0.1) is 0 Å². The summed E-state index contributed by atoms with van der Waals surface area (Å²) in [7, 11) is 0. The van der Waals surface area contributed by atoms with E-state index in [-0.39, 0.29) is 5.69 Å². The minimum atomic E-state index is -0.196. The average molecular weight is 294 g/mol. The third-order valence-electron chi connectivity index (χ3n) is 3.24. The Bertz CT molecular complexity index is 968. The number of rotatable bonds is 2. The van der Waals surface area contributed by atoms with Gasteiger partial charge in [-0.15, -0.1) is 11.3 Å². The molecular formula is C15H10N4OS. The first-order chi connectivity index (χ1) is 10.3. The molecule has 0 aliphatic carbocycles. The second-order valence-electron chi connectivity index (χ2n) is 4.61. The molecule has 2 N–H and O–H groups in total. The number of imidazole rings is 1. The van der Waals surface area contributed by atoms with Crippen molar-refractivity contribution in [1.82, 2.24) is 19.9 Å². The van der Waals surface area contributed by atoms with Gasteiger partial charge in [0.25, 0.3) is 0 Å². The average Bonchev–Trinajstić information content (AvgIpc) is 3.12. The molecule has 3 aromatic heterocycles. The SMILES string of the molecule is O=c1[nH]c2ccc(-c3csc(-c4ccncc4)n3)cc2[nH]1. The molecule has 0 bridgehead atoms. The number of nitrogens with one attached hydrogen (secondary N) is 2. The van der Waals surface area contributed by atoms with Crippen molar-refractivity contribution >= 4 is 22.4 Å². The zero-order valence-electron chi connectivity index (χ0n) is 10.8. The van der Waals surface area contributed by atoms with E-state index in [1.807, 2.05) is 35.7 Å². The molecule has 0 atom stereocenters. The molecule has 102 valence electrons. The van der Waals surface area contributed by atoms with E-state index < -0.39 is 0 Å². The maximum absolute atomic E-state index is 11.3. The number of fused-ring (bicyclic) bond motifs is 1. The first-order valence-corrected chi connectivity index (χ1v) is 7.26. The van der Waals surface area contributed by atoms with Crippen LogP contribution in [-0.2, 0) is 0 Å². The molecule has 0 saturated carbocycles. The quantitative estimate of drug-likeness (QED) is 0.596. The maximum atomic E-state index is 11.3. The van der Waals surface area contributed by atoms with E-state index in [1.54, 1.807) is 23.7 Å². The number of benzene rings is 1. The molecular weight excluding hydrogens is 284 g/mol. The number of pyridine rings is 1. The smallest absolute Gasteiger partial charge is 0.306 e. The number of aromatic nitrogens is 4. The van der Waals surface area contributed by atoms with Crippen molar-refractivity contribution in [3.05, 3.63) is 58.6 Å². The van der Waals surface area contributed by atoms with Gasteiger partial charge in [0.15, 0.2) is 0 Å². The Balaban J connectivity index is 1.78. The van der Waals surface area contributed by atoms with Gasteiger partial charge in [0, 0.05) is 28.9 Å². The summed E-state index contributed by atoms with van der Waals surface area (Å²) in [5.41, 5.74) is 4.32. The lowest BCUT2D eigenvalue weighted by Crippen LogP contribution is -1.99. The van der Waals surface area contributed by atoms with Crippen LogP contribution in [0.4, 0.5) is 0 Å². The van der Waals surface area contributed by atoms with E-state index in [1.165, 1.54) is 0 Å². The van der Waals surface area contributed by atoms with Crippen molar-refractivity contribution in [3.8, 4) is 21.8 Å². The highest BCUT2D eigenvalue weighted by Gasteiger charge is 2.08. The molecule has 1 aromatic carbocycles. The molecule has 0 aliphatic heterocycles. The maximum Gasteiger partial charge on any atom is 0.323 e. The highest BCUT2D eigenvalue weighted by Crippen LogP contribution is 2.29. The fourth-order valence-corrected chi connectivity index (χ4v) is 3.06. The van der Waals surface area contributed by atoms with Crippen molar-refractivity contribution in [2.75, 3.05) is 0 Å². The van der Waals surface area contributed by atoms with Gasteiger partial charge in [-0.2, -0.15) is 0 Å². The van der Waals surface area contributed by atoms with Gasteiger partial charge in [0.05, 0.1) is 16.7 Å². The van der Waals surface area contributed by atoms with E-state index in [9.17, 15) is 4.79 Å². The van der Waals surface area contributed by atoms with Gasteiger partial charge >= 0.3 is 5.69 Å². The van der Waals surface area contributed by atoms with Gasteiger partial charge in [-0.3, -0.25) is 4.98 Å². The lowest BCUT2D eigenvalue weighted by Gasteiger charge is -1.97. The molecule has 0 unspecified atom stereocenters. The first kappa shape index (κ1) is 12.0. The predicted molar refractivity (Wildman–Crippen MR) is 83.3 cm³/mol. The molecule has 0 saturated heterocycles. The van der Waals surface area contributed by atoms with Crippen LogP contribution in [0.5, 0.6) is 0 Å². The minimum Gasteiger partial charge on any atom is -0.306 e. The molecule has 0 spiro atoms. The van der Waals surface area contributed by atoms with Crippen LogP contribution in [0.25, 0.3) is 32.9 Å². The van der Waals surface area contributed by atoms with E-state index in [0.29, 0.717) is 0 Å². The van der Waals surface area contributed by atoms with E-state index in [0.717, 1.165) is 32.9 Å². The molecule has 6 heteroatoms. The number of thiazole rings is 1. The summed E-state index contributed by atoms with van der Waals surface area (Å²) >= 11 is 1.59. The fraction of sp³-hybridized carbons (Fsp3) is 0. The molecule has 0 amide bonds. The second kappa shape index (κ2) is 4.68. The minimum absolute atomic E-state index is 0.196. The molecule has 4 aromatic rings. The summed E-state index contributed by atoms with van der Waals surface area (Å²) in [5.74, 6) is 0. The molecule has 0 fully saturated rings. The number of hydrogen-bond donors (Lipinski definition) is 2. The number of H-pyrrole nitrogens is 2. The van der Waals surface area contributed by atoms with Crippen molar-refractivity contribution in [2.45, 2.75) is 0 Å². The molecule has 21 heavy (non-hydrogen) atoms. The standard InChI is InChI=1S/C15H10N4OS/c20-15-18-11-2-1-10(7-12(11)19-15)13-8-21-14(17-13)9-3-5-16-6-4-9/h1-8H,(H2,18,19,20). The molecule has 5 nitrogen and oxygen atoms in total. The molecule has 4 rings (SSSR count). The summed E-state index contributed by atoms with van der Waals surface area (Å²) in [5, 5.41) is 2.97. The monoisotopic (exact) mass is 294 g/mol. The summed E-state index contributed by atoms with van der Waals surface area (Å²) in [4.78, 5) is 25.5. The number of hydrogen-bond acceptors (Lipinski definition) is 4. The largest absolute Gasteiger partial charge is 0.323 e. The summed E-state index contributed by atoms with van der Waals surface area (Å²) in [6, 6.07) is 9.65. The van der Waals surface area contributed by atoms with Crippen LogP contribution < -0.4 is 5.69 Å². The van der Waals surface area contributed by atoms with Crippen molar-refractivity contribution in [1.29, 1.82) is 0 Å². The van der Waals surface area contributed by atoms with E-state index in [2.05, 4.69) is 19.9 Å². The molecule has 0 aliphatic rings. The lowest BCUT2D eigenvalue weighted by atomic mass is 10.1. The Kier molecular flexibility index (Phi) is 2.68. The summed E-state index contributed by atoms with van der Waals surface area (Å²) in [6.45, 7) is 0. The van der Waals surface area contributed by atoms with E-state index in [4.69, 9.17) is 0 Å². The third kappa shape index (κ3) is 2.15. The van der Waals surface area contributed by atoms with Crippen molar-refractivity contribution < 1.29 is 0 Å². The number of nitrogens with zero attached hydrogens (tertiary/aromatic N) is 2. The number of aromatic amines is 2. The van der Waals surface area contributed by atoms with Crippen LogP contribution >= 0.6 is 11.3 Å². The van der Waals surface area contributed by atoms with Gasteiger partial charge in [-0.1, -0.05) is 6.07 Å². The molecule has 0 radical (unpaired) electrons. The topological polar surface area (TPSA) is 74.4 Å². The van der Waals surface area contributed by atoms with Crippen LogP contribution in [0.3, 0.4) is 0 Å². The van der Waals surface area contributed by atoms with Crippen LogP contribution in [0.2, 0.25) is 0 Å². The van der Waals surface area contributed by atoms with Crippen LogP contribution in [0.1, 0.15) is 0 Å². The second-order valence-corrected chi connectivity index (χ2v) is 5.47. The van der Waals surface area contributed by atoms with Gasteiger partial charge in [-0.05, 0) is 24.3 Å². The fourth-order valence-electron chi connectivity index (χ4n) is 2.23. The van der Waals surface area contributed by atoms with Crippen molar-refractivity contribution in [3.63, 3.8) is 0 Å². The molecule has 3 heterocycles. The zero-order chi connectivity index (χ0) is 14.2. The highest BCUT2D eigenvalue weighted by atomic mass is 32.1. The van der Waals surface area contributed by atoms with Crippen LogP contribution in [-0.4, -0.2) is 19.9 Å². The van der Waals surface area contributed by atoms with Gasteiger partial charge in [-0.25, -0.2) is 9.78 Å². The Morgan fingerprint density at radius 1 is 0.952 bits per heavy atom. The Morgan fingerprint density at radius 2 is 1.76 bits per heavy atom. The first-order valence-electron chi connectivity index (χ1n) is 6.38. The Labute approximate surface area is 123 Å². The third-order valence-corrected chi connectivity index (χ3v) is 4.13. The predicted octanol–water partition coefficient (Wildman–Crippen LogP) is 3.04. The van der Waals surface area contributed by atoms with Gasteiger partial charge < -0.3 is 9.97 Å². The summed E-state index contributed by atoms with van der Waals surface area (Å²) in [6.07, 6.45) is 3.51. The summed E-state index contributed by atoms with van der Waals surface area (Å²) < 4.78 is 0.